The average Bonchev–Trinajstić information content (AvgIpc) is 3.07. The molecule has 284 valence electrons. The Morgan fingerprint density at radius 1 is 0.521 bits per heavy atom. The number of rotatable bonds is 37. The second-order valence-electron chi connectivity index (χ2n) is 14.5. The van der Waals surface area contributed by atoms with Crippen LogP contribution in [0.15, 0.2) is 0 Å². The summed E-state index contributed by atoms with van der Waals surface area (Å²) in [5.74, 6) is 0.362. The molecule has 0 amide bonds. The van der Waals surface area contributed by atoms with Gasteiger partial charge in [-0.05, 0) is 12.8 Å². The molecule has 0 heterocycles. The van der Waals surface area contributed by atoms with Crippen molar-refractivity contribution in [1.82, 2.24) is 0 Å². The third kappa shape index (κ3) is 32.1. The van der Waals surface area contributed by atoms with Gasteiger partial charge in [0, 0.05) is 30.3 Å². The van der Waals surface area contributed by atoms with Crippen LogP contribution < -0.4 is 5.73 Å². The molecule has 7 heteroatoms. The van der Waals surface area contributed by atoms with Gasteiger partial charge < -0.3 is 15.2 Å². The van der Waals surface area contributed by atoms with E-state index in [1.54, 1.807) is 0 Å². The van der Waals surface area contributed by atoms with Crippen molar-refractivity contribution in [1.29, 1.82) is 0 Å². The summed E-state index contributed by atoms with van der Waals surface area (Å²) in [4.78, 5) is 37.3. The zero-order valence-electron chi connectivity index (χ0n) is 32.2. The van der Waals surface area contributed by atoms with E-state index in [-0.39, 0.29) is 30.2 Å². The number of ether oxygens (including phenoxy) is 2. The van der Waals surface area contributed by atoms with E-state index in [1.165, 1.54) is 140 Å². The SMILES string of the molecule is CCCCCCCCCCCCCCCC(=O)OC[C@H](CSC[C@H](N)C(=O)C(C)C)OC(=O)CCCCCCCCCCCCCCC. The summed E-state index contributed by atoms with van der Waals surface area (Å²) in [6.07, 6.45) is 33.1. The Labute approximate surface area is 302 Å². The molecule has 0 rings (SSSR count). The van der Waals surface area contributed by atoms with Gasteiger partial charge in [-0.15, -0.1) is 0 Å². The van der Waals surface area contributed by atoms with Crippen molar-refractivity contribution in [2.45, 2.75) is 220 Å². The molecule has 0 saturated heterocycles. The van der Waals surface area contributed by atoms with Crippen molar-refractivity contribution in [2.75, 3.05) is 18.1 Å². The van der Waals surface area contributed by atoms with Crippen LogP contribution in [0.2, 0.25) is 0 Å². The zero-order valence-corrected chi connectivity index (χ0v) is 33.0. The molecule has 0 spiro atoms. The van der Waals surface area contributed by atoms with Crippen LogP contribution in [-0.4, -0.2) is 48.0 Å². The smallest absolute Gasteiger partial charge is 0.306 e. The molecular formula is C41H79NO5S. The highest BCUT2D eigenvalue weighted by molar-refractivity contribution is 7.99. The fraction of sp³-hybridized carbons (Fsp3) is 0.927. The van der Waals surface area contributed by atoms with E-state index in [0.29, 0.717) is 24.3 Å². The van der Waals surface area contributed by atoms with Gasteiger partial charge in [-0.1, -0.05) is 182 Å². The summed E-state index contributed by atoms with van der Waals surface area (Å²) >= 11 is 1.48. The topological polar surface area (TPSA) is 95.7 Å². The fourth-order valence-corrected chi connectivity index (χ4v) is 7.01. The minimum atomic E-state index is -0.546. The van der Waals surface area contributed by atoms with Gasteiger partial charge in [-0.25, -0.2) is 0 Å². The first-order valence-electron chi connectivity index (χ1n) is 20.5. The Kier molecular flexibility index (Phi) is 34.9. The van der Waals surface area contributed by atoms with Crippen LogP contribution in [-0.2, 0) is 23.9 Å². The lowest BCUT2D eigenvalue weighted by molar-refractivity contribution is -0.157. The van der Waals surface area contributed by atoms with E-state index in [1.807, 2.05) is 13.8 Å². The van der Waals surface area contributed by atoms with Crippen molar-refractivity contribution in [2.24, 2.45) is 11.7 Å². The summed E-state index contributed by atoms with van der Waals surface area (Å²) in [6.45, 7) is 8.29. The van der Waals surface area contributed by atoms with Gasteiger partial charge in [-0.3, -0.25) is 14.4 Å². The Morgan fingerprint density at radius 2 is 0.875 bits per heavy atom. The molecule has 2 N–H and O–H groups in total. The summed E-state index contributed by atoms with van der Waals surface area (Å²) in [7, 11) is 0. The molecule has 6 nitrogen and oxygen atoms in total. The molecule has 2 atom stereocenters. The standard InChI is InChI=1S/C41H79NO5S/c1-5-7-9-11-13-15-17-19-21-23-25-27-29-31-39(43)46-33-37(34-48-35-38(42)41(45)36(3)4)47-40(44)32-30-28-26-24-22-20-18-16-14-12-10-8-6-2/h36-38H,5-35,42H2,1-4H3/t37-,38+/m1/s1. The third-order valence-electron chi connectivity index (χ3n) is 9.23. The third-order valence-corrected chi connectivity index (χ3v) is 10.4. The molecule has 0 bridgehead atoms. The highest BCUT2D eigenvalue weighted by atomic mass is 32.2. The number of ketones is 1. The number of carbonyl (C=O) groups excluding carboxylic acids is 3. The van der Waals surface area contributed by atoms with Crippen molar-refractivity contribution in [3.8, 4) is 0 Å². The quantitative estimate of drug-likeness (QED) is 0.0510. The lowest BCUT2D eigenvalue weighted by Crippen LogP contribution is -2.36. The number of nitrogens with two attached hydrogens (primary N) is 1. The highest BCUT2D eigenvalue weighted by Gasteiger charge is 2.21. The van der Waals surface area contributed by atoms with Crippen LogP contribution in [0.3, 0.4) is 0 Å². The zero-order chi connectivity index (χ0) is 35.5. The molecular weight excluding hydrogens is 619 g/mol. The maximum atomic E-state index is 12.7. The molecule has 0 aliphatic carbocycles. The number of carbonyl (C=O) groups is 3. The van der Waals surface area contributed by atoms with Gasteiger partial charge in [0.15, 0.2) is 5.78 Å². The van der Waals surface area contributed by atoms with E-state index >= 15 is 0 Å². The van der Waals surface area contributed by atoms with Crippen LogP contribution in [0.25, 0.3) is 0 Å². The first-order chi connectivity index (χ1) is 23.3. The van der Waals surface area contributed by atoms with Crippen LogP contribution in [0.5, 0.6) is 0 Å². The average molecular weight is 698 g/mol. The first-order valence-corrected chi connectivity index (χ1v) is 21.7. The molecule has 0 aromatic heterocycles. The van der Waals surface area contributed by atoms with E-state index in [2.05, 4.69) is 13.8 Å². The van der Waals surface area contributed by atoms with Crippen molar-refractivity contribution in [3.05, 3.63) is 0 Å². The second kappa shape index (κ2) is 35.7. The monoisotopic (exact) mass is 698 g/mol. The maximum absolute atomic E-state index is 12.7. The van der Waals surface area contributed by atoms with E-state index in [9.17, 15) is 14.4 Å². The minimum Gasteiger partial charge on any atom is -0.462 e. The number of hydrogen-bond acceptors (Lipinski definition) is 7. The Morgan fingerprint density at radius 3 is 1.25 bits per heavy atom. The number of Topliss-reactive ketones (excluding diaryl/α,β-unsaturated/α-hetero) is 1. The lowest BCUT2D eigenvalue weighted by atomic mass is 10.0. The van der Waals surface area contributed by atoms with Crippen LogP contribution in [0.1, 0.15) is 207 Å². The normalized spacial score (nSPS) is 12.7. The largest absolute Gasteiger partial charge is 0.462 e. The lowest BCUT2D eigenvalue weighted by Gasteiger charge is -2.19. The minimum absolute atomic E-state index is 0.0303. The number of hydrogen-bond donors (Lipinski definition) is 1. The fourth-order valence-electron chi connectivity index (χ4n) is 6.03. The predicted molar refractivity (Wildman–Crippen MR) is 207 cm³/mol. The summed E-state index contributed by atoms with van der Waals surface area (Å²) in [5.41, 5.74) is 6.07. The van der Waals surface area contributed by atoms with Crippen molar-refractivity contribution < 1.29 is 23.9 Å². The van der Waals surface area contributed by atoms with Crippen LogP contribution in [0.4, 0.5) is 0 Å². The first kappa shape index (κ1) is 46.9. The number of thioether (sulfide) groups is 1. The molecule has 0 unspecified atom stereocenters. The van der Waals surface area contributed by atoms with Gasteiger partial charge in [0.1, 0.15) is 12.7 Å². The predicted octanol–water partition coefficient (Wildman–Crippen LogP) is 11.7. The Bertz CT molecular complexity index is 746. The number of unbranched alkanes of at least 4 members (excludes halogenated alkanes) is 24. The molecule has 0 fully saturated rings. The van der Waals surface area contributed by atoms with Crippen LogP contribution in [0, 0.1) is 5.92 Å². The molecule has 0 saturated carbocycles. The number of esters is 2. The Balaban J connectivity index is 4.21. The highest BCUT2D eigenvalue weighted by Crippen LogP contribution is 2.16. The van der Waals surface area contributed by atoms with Crippen molar-refractivity contribution in [3.63, 3.8) is 0 Å². The maximum Gasteiger partial charge on any atom is 0.306 e. The molecule has 48 heavy (non-hydrogen) atoms. The van der Waals surface area contributed by atoms with Crippen LogP contribution >= 0.6 is 11.8 Å². The summed E-state index contributed by atoms with van der Waals surface area (Å²) in [6, 6.07) is -0.546. The second-order valence-corrected chi connectivity index (χ2v) is 15.6. The summed E-state index contributed by atoms with van der Waals surface area (Å²) < 4.78 is 11.3. The van der Waals surface area contributed by atoms with Gasteiger partial charge >= 0.3 is 11.9 Å². The summed E-state index contributed by atoms with van der Waals surface area (Å²) in [5, 5.41) is 0. The van der Waals surface area contributed by atoms with E-state index < -0.39 is 12.1 Å². The molecule has 0 radical (unpaired) electrons. The van der Waals surface area contributed by atoms with Gasteiger partial charge in [0.05, 0.1) is 6.04 Å². The van der Waals surface area contributed by atoms with Gasteiger partial charge in [0.2, 0.25) is 0 Å². The molecule has 0 aromatic rings. The molecule has 0 aliphatic rings. The Hall–Kier alpha value is -1.08. The van der Waals surface area contributed by atoms with Crippen molar-refractivity contribution >= 4 is 29.5 Å². The van der Waals surface area contributed by atoms with E-state index in [0.717, 1.165) is 38.5 Å². The molecule has 0 aromatic carbocycles. The van der Waals surface area contributed by atoms with Gasteiger partial charge in [0.25, 0.3) is 0 Å². The molecule has 0 aliphatic heterocycles. The van der Waals surface area contributed by atoms with E-state index in [4.69, 9.17) is 15.2 Å². The van der Waals surface area contributed by atoms with Gasteiger partial charge in [-0.2, -0.15) is 11.8 Å².